The van der Waals surface area contributed by atoms with Crippen LogP contribution in [0.1, 0.15) is 0 Å². The van der Waals surface area contributed by atoms with Gasteiger partial charge in [0.25, 0.3) is 0 Å². The third-order valence-corrected chi connectivity index (χ3v) is 3.59. The average Bonchev–Trinajstić information content (AvgIpc) is 2.15. The van der Waals surface area contributed by atoms with Gasteiger partial charge in [-0.05, 0) is 0 Å². The van der Waals surface area contributed by atoms with Crippen LogP contribution in [0.25, 0.3) is 0 Å². The third kappa shape index (κ3) is 1.22. The van der Waals surface area contributed by atoms with Crippen molar-refractivity contribution in [2.75, 3.05) is 33.3 Å². The minimum Gasteiger partial charge on any atom is -0.264 e. The van der Waals surface area contributed by atoms with Crippen LogP contribution in [0.2, 0.25) is 0 Å². The van der Waals surface area contributed by atoms with E-state index in [4.69, 9.17) is 11.6 Å². The molecule has 0 aromatic heterocycles. The third-order valence-electron chi connectivity index (χ3n) is 3.18. The van der Waals surface area contributed by atoms with Gasteiger partial charge in [-0.15, -0.1) is 18.2 Å². The van der Waals surface area contributed by atoms with Gasteiger partial charge >= 0.3 is 0 Å². The Balaban J connectivity index is 1.84. The van der Waals surface area contributed by atoms with Gasteiger partial charge in [0.15, 0.2) is 0 Å². The maximum absolute atomic E-state index is 6.27. The number of halogens is 1. The Bertz CT molecular complexity index is 229. The molecule has 0 saturated carbocycles. The van der Waals surface area contributed by atoms with Crippen molar-refractivity contribution < 1.29 is 0 Å². The summed E-state index contributed by atoms with van der Waals surface area (Å²) in [5.41, 5.74) is 0. The summed E-state index contributed by atoms with van der Waals surface area (Å²) in [6.45, 7) is 9.09. The van der Waals surface area contributed by atoms with Crippen molar-refractivity contribution in [2.24, 2.45) is 0 Å². The molecule has 0 aromatic carbocycles. The monoisotopic (exact) mass is 214 g/mol. The highest BCUT2D eigenvalue weighted by atomic mass is 35.5. The molecule has 4 bridgehead atoms. The average molecular weight is 215 g/mol. The van der Waals surface area contributed by atoms with E-state index in [0.717, 1.165) is 33.3 Å². The Morgan fingerprint density at radius 1 is 1.07 bits per heavy atom. The van der Waals surface area contributed by atoms with Crippen LogP contribution >= 0.6 is 11.6 Å². The fourth-order valence-corrected chi connectivity index (χ4v) is 3.08. The number of nitrogens with zero attached hydrogens (tertiary/aromatic N) is 4. The van der Waals surface area contributed by atoms with Crippen LogP contribution < -0.4 is 0 Å². The van der Waals surface area contributed by atoms with E-state index >= 15 is 0 Å². The van der Waals surface area contributed by atoms with Gasteiger partial charge in [0.1, 0.15) is 0 Å². The highest BCUT2D eigenvalue weighted by Crippen LogP contribution is 2.29. The van der Waals surface area contributed by atoms with Crippen LogP contribution in [0, 0.1) is 0 Å². The molecule has 1 unspecified atom stereocenters. The minimum absolute atomic E-state index is 0.0393. The van der Waals surface area contributed by atoms with E-state index in [9.17, 15) is 0 Å². The molecule has 78 valence electrons. The van der Waals surface area contributed by atoms with Crippen molar-refractivity contribution in [2.45, 2.75) is 11.5 Å². The molecule has 1 atom stereocenters. The van der Waals surface area contributed by atoms with Crippen molar-refractivity contribution in [1.29, 1.82) is 0 Å². The Morgan fingerprint density at radius 2 is 1.57 bits per heavy atom. The minimum atomic E-state index is 0.0393. The van der Waals surface area contributed by atoms with Crippen LogP contribution in [0.4, 0.5) is 0 Å². The highest BCUT2D eigenvalue weighted by molar-refractivity contribution is 6.22. The van der Waals surface area contributed by atoms with Crippen molar-refractivity contribution in [3.05, 3.63) is 12.7 Å². The molecule has 0 amide bonds. The molecule has 4 nitrogen and oxygen atoms in total. The van der Waals surface area contributed by atoms with Crippen molar-refractivity contribution >= 4 is 11.6 Å². The number of alkyl halides is 1. The van der Waals surface area contributed by atoms with E-state index in [-0.39, 0.29) is 5.38 Å². The standard InChI is InChI=1S/C9H15ClN4/c1-2-8(10)9-13-4-11-3-12(6-13)7-14(9)5-11/h2,8-9H,1,3-7H2. The van der Waals surface area contributed by atoms with Crippen LogP contribution in [-0.4, -0.2) is 64.5 Å². The molecule has 4 fully saturated rings. The first-order valence-electron chi connectivity index (χ1n) is 4.97. The van der Waals surface area contributed by atoms with Gasteiger partial charge in [0.05, 0.1) is 44.9 Å². The predicted molar refractivity (Wildman–Crippen MR) is 55.3 cm³/mol. The maximum atomic E-state index is 6.27. The Morgan fingerprint density at radius 3 is 2.00 bits per heavy atom. The lowest BCUT2D eigenvalue weighted by atomic mass is 10.2. The first kappa shape index (κ1) is 9.12. The van der Waals surface area contributed by atoms with Crippen molar-refractivity contribution in [3.8, 4) is 0 Å². The van der Waals surface area contributed by atoms with E-state index in [0.29, 0.717) is 6.17 Å². The first-order chi connectivity index (χ1) is 6.78. The second-order valence-corrected chi connectivity index (χ2v) is 4.82. The number of hydrogen-bond donors (Lipinski definition) is 0. The van der Waals surface area contributed by atoms with E-state index < -0.39 is 0 Å². The molecule has 0 radical (unpaired) electrons. The summed E-state index contributed by atoms with van der Waals surface area (Å²) >= 11 is 6.27. The Kier molecular flexibility index (Phi) is 2.07. The largest absolute Gasteiger partial charge is 0.264 e. The topological polar surface area (TPSA) is 13.0 Å². The second kappa shape index (κ2) is 3.18. The summed E-state index contributed by atoms with van der Waals surface area (Å²) in [5.74, 6) is 0. The van der Waals surface area contributed by atoms with Gasteiger partial charge < -0.3 is 0 Å². The van der Waals surface area contributed by atoms with E-state index in [1.165, 1.54) is 0 Å². The quantitative estimate of drug-likeness (QED) is 0.479. The molecule has 0 N–H and O–H groups in total. The number of hydrogen-bond acceptors (Lipinski definition) is 4. The van der Waals surface area contributed by atoms with E-state index in [1.54, 1.807) is 0 Å². The summed E-state index contributed by atoms with van der Waals surface area (Å²) in [6.07, 6.45) is 2.20. The van der Waals surface area contributed by atoms with Crippen LogP contribution in [0.15, 0.2) is 12.7 Å². The predicted octanol–water partition coefficient (Wildman–Crippen LogP) is 0.142. The van der Waals surface area contributed by atoms with Gasteiger partial charge in [-0.2, -0.15) is 0 Å². The molecule has 0 aromatic rings. The Labute approximate surface area is 89.3 Å². The molecule has 4 aliphatic rings. The van der Waals surface area contributed by atoms with Crippen LogP contribution in [-0.2, 0) is 0 Å². The van der Waals surface area contributed by atoms with Crippen molar-refractivity contribution in [1.82, 2.24) is 19.6 Å². The lowest BCUT2D eigenvalue weighted by molar-refractivity contribution is -0.228. The fourth-order valence-electron chi connectivity index (χ4n) is 2.76. The normalized spacial score (nSPS) is 51.9. The van der Waals surface area contributed by atoms with Gasteiger partial charge in [-0.25, -0.2) is 0 Å². The number of rotatable bonds is 2. The molecule has 4 heterocycles. The zero-order chi connectivity index (χ0) is 9.71. The molecule has 14 heavy (non-hydrogen) atoms. The second-order valence-electron chi connectivity index (χ2n) is 4.32. The summed E-state index contributed by atoms with van der Waals surface area (Å²) < 4.78 is 0. The highest BCUT2D eigenvalue weighted by Gasteiger charge is 2.45. The zero-order valence-electron chi connectivity index (χ0n) is 8.14. The molecule has 4 rings (SSSR count). The summed E-state index contributed by atoms with van der Waals surface area (Å²) in [6, 6.07) is 0. The van der Waals surface area contributed by atoms with Gasteiger partial charge in [-0.1, -0.05) is 6.08 Å². The molecular weight excluding hydrogens is 200 g/mol. The molecule has 4 saturated heterocycles. The summed E-state index contributed by atoms with van der Waals surface area (Å²) in [4.78, 5) is 9.68. The maximum Gasteiger partial charge on any atom is 0.0868 e. The lowest BCUT2D eigenvalue weighted by Gasteiger charge is -2.61. The smallest absolute Gasteiger partial charge is 0.0868 e. The molecule has 0 spiro atoms. The van der Waals surface area contributed by atoms with Gasteiger partial charge in [0, 0.05) is 0 Å². The van der Waals surface area contributed by atoms with E-state index in [1.807, 2.05) is 6.08 Å². The summed E-state index contributed by atoms with van der Waals surface area (Å²) in [5, 5.41) is 0.0393. The van der Waals surface area contributed by atoms with Crippen LogP contribution in [0.5, 0.6) is 0 Å². The SMILES string of the molecule is C=CC(Cl)C1N2CN3CN(C2)CN1C3. The molecular formula is C9H15ClN4. The fraction of sp³-hybridized carbons (Fsp3) is 0.778. The molecule has 4 aliphatic heterocycles. The summed E-state index contributed by atoms with van der Waals surface area (Å²) in [7, 11) is 0. The van der Waals surface area contributed by atoms with E-state index in [2.05, 4.69) is 26.2 Å². The van der Waals surface area contributed by atoms with Gasteiger partial charge in [0.2, 0.25) is 0 Å². The Hall–Kier alpha value is -0.130. The van der Waals surface area contributed by atoms with Crippen LogP contribution in [0.3, 0.4) is 0 Å². The molecule has 5 heteroatoms. The lowest BCUT2D eigenvalue weighted by Crippen LogP contribution is -2.77. The van der Waals surface area contributed by atoms with Gasteiger partial charge in [-0.3, -0.25) is 19.6 Å². The van der Waals surface area contributed by atoms with Crippen molar-refractivity contribution in [3.63, 3.8) is 0 Å². The zero-order valence-corrected chi connectivity index (χ0v) is 8.90. The molecule has 0 aliphatic carbocycles. The first-order valence-corrected chi connectivity index (χ1v) is 5.41.